The fourth-order valence-electron chi connectivity index (χ4n) is 3.06. The van der Waals surface area contributed by atoms with Crippen molar-refractivity contribution < 1.29 is 8.42 Å². The Bertz CT molecular complexity index is 1120. The van der Waals surface area contributed by atoms with Crippen LogP contribution in [0.4, 0.5) is 0 Å². The fourth-order valence-corrected chi connectivity index (χ4v) is 4.32. The van der Waals surface area contributed by atoms with Crippen LogP contribution in [0.3, 0.4) is 0 Å². The minimum absolute atomic E-state index is 0.340. The van der Waals surface area contributed by atoms with Crippen molar-refractivity contribution in [2.75, 3.05) is 0 Å². The van der Waals surface area contributed by atoms with Crippen LogP contribution in [0.15, 0.2) is 107 Å². The Kier molecular flexibility index (Phi) is 7.09. The number of sulfone groups is 1. The van der Waals surface area contributed by atoms with Gasteiger partial charge in [-0.05, 0) is 63.1 Å². The van der Waals surface area contributed by atoms with Gasteiger partial charge < -0.3 is 0 Å². The summed E-state index contributed by atoms with van der Waals surface area (Å²) >= 11 is 0. The molecule has 0 aliphatic heterocycles. The Morgan fingerprint density at radius 1 is 0.387 bits per heavy atom. The van der Waals surface area contributed by atoms with Gasteiger partial charge in [-0.1, -0.05) is 95.1 Å². The van der Waals surface area contributed by atoms with Crippen LogP contribution in [0.25, 0.3) is 11.1 Å². The summed E-state index contributed by atoms with van der Waals surface area (Å²) in [6.45, 7) is 8.09. The van der Waals surface area contributed by atoms with Gasteiger partial charge >= 0.3 is 0 Å². The van der Waals surface area contributed by atoms with E-state index in [0.717, 1.165) is 11.1 Å². The molecular weight excluding hydrogens is 400 g/mol. The van der Waals surface area contributed by atoms with Crippen molar-refractivity contribution in [3.05, 3.63) is 119 Å². The van der Waals surface area contributed by atoms with E-state index in [0.29, 0.717) is 9.79 Å². The zero-order chi connectivity index (χ0) is 22.4. The topological polar surface area (TPSA) is 34.1 Å². The lowest BCUT2D eigenvalue weighted by Crippen LogP contribution is -2.01. The number of benzene rings is 4. The second-order valence-corrected chi connectivity index (χ2v) is 9.81. The highest BCUT2D eigenvalue weighted by molar-refractivity contribution is 7.91. The van der Waals surface area contributed by atoms with E-state index in [1.807, 2.05) is 13.8 Å². The molecule has 0 N–H and O–H groups in total. The van der Waals surface area contributed by atoms with Crippen molar-refractivity contribution in [2.24, 2.45) is 0 Å². The molecule has 158 valence electrons. The average molecular weight is 429 g/mol. The van der Waals surface area contributed by atoms with Crippen LogP contribution in [0, 0.1) is 27.7 Å². The first-order valence-electron chi connectivity index (χ1n) is 10.3. The lowest BCUT2D eigenvalue weighted by molar-refractivity contribution is 0.596. The van der Waals surface area contributed by atoms with Crippen molar-refractivity contribution in [2.45, 2.75) is 37.5 Å². The summed E-state index contributed by atoms with van der Waals surface area (Å²) < 4.78 is 24.5. The molecule has 0 fully saturated rings. The normalized spacial score (nSPS) is 10.8. The summed E-state index contributed by atoms with van der Waals surface area (Å²) in [6.07, 6.45) is 0. The molecule has 4 aromatic carbocycles. The Balaban J connectivity index is 0.000000179. The zero-order valence-corrected chi connectivity index (χ0v) is 19.3. The summed E-state index contributed by atoms with van der Waals surface area (Å²) in [5.41, 5.74) is 7.29. The quantitative estimate of drug-likeness (QED) is 0.348. The number of hydrogen-bond donors (Lipinski definition) is 0. The summed E-state index contributed by atoms with van der Waals surface area (Å²) in [7, 11) is -3.37. The van der Waals surface area contributed by atoms with E-state index in [1.165, 1.54) is 22.3 Å². The largest absolute Gasteiger partial charge is 0.219 e. The molecule has 0 unspecified atom stereocenters. The van der Waals surface area contributed by atoms with Gasteiger partial charge in [-0.15, -0.1) is 0 Å². The Hall–Kier alpha value is -3.17. The summed E-state index contributed by atoms with van der Waals surface area (Å²) in [6, 6.07) is 31.1. The van der Waals surface area contributed by atoms with Crippen LogP contribution >= 0.6 is 0 Å². The first-order chi connectivity index (χ1) is 14.8. The van der Waals surface area contributed by atoms with E-state index in [9.17, 15) is 8.42 Å². The van der Waals surface area contributed by atoms with Gasteiger partial charge in [0.05, 0.1) is 9.79 Å². The molecule has 0 aromatic heterocycles. The van der Waals surface area contributed by atoms with Crippen molar-refractivity contribution in [3.63, 3.8) is 0 Å². The Labute approximate surface area is 186 Å². The molecule has 0 atom stereocenters. The molecule has 0 bridgehead atoms. The number of rotatable bonds is 3. The third-order valence-corrected chi connectivity index (χ3v) is 6.88. The van der Waals surface area contributed by atoms with E-state index < -0.39 is 9.84 Å². The van der Waals surface area contributed by atoms with Crippen LogP contribution in [0.1, 0.15) is 22.3 Å². The van der Waals surface area contributed by atoms with Crippen molar-refractivity contribution in [3.8, 4) is 11.1 Å². The molecule has 0 amide bonds. The second-order valence-electron chi connectivity index (χ2n) is 7.86. The molecule has 4 rings (SSSR count). The highest BCUT2D eigenvalue weighted by Crippen LogP contribution is 2.21. The van der Waals surface area contributed by atoms with Crippen LogP contribution in [-0.4, -0.2) is 8.42 Å². The maximum atomic E-state index is 12.3. The van der Waals surface area contributed by atoms with Crippen molar-refractivity contribution in [1.29, 1.82) is 0 Å². The van der Waals surface area contributed by atoms with Gasteiger partial charge in [-0.2, -0.15) is 0 Å². The maximum Gasteiger partial charge on any atom is 0.206 e. The molecule has 4 aromatic rings. The van der Waals surface area contributed by atoms with Gasteiger partial charge in [0.1, 0.15) is 0 Å². The van der Waals surface area contributed by atoms with Crippen LogP contribution < -0.4 is 0 Å². The summed E-state index contributed by atoms with van der Waals surface area (Å²) in [5, 5.41) is 0. The van der Waals surface area contributed by atoms with Crippen LogP contribution in [0.2, 0.25) is 0 Å². The van der Waals surface area contributed by atoms with Crippen LogP contribution in [0.5, 0.6) is 0 Å². The zero-order valence-electron chi connectivity index (χ0n) is 18.5. The maximum absolute atomic E-state index is 12.3. The molecule has 0 heterocycles. The molecule has 0 saturated heterocycles. The molecule has 3 heteroatoms. The van der Waals surface area contributed by atoms with E-state index in [2.05, 4.69) is 62.4 Å². The predicted octanol–water partition coefficient (Wildman–Crippen LogP) is 7.11. The lowest BCUT2D eigenvalue weighted by atomic mass is 10.0. The monoisotopic (exact) mass is 428 g/mol. The second kappa shape index (κ2) is 9.76. The van der Waals surface area contributed by atoms with Gasteiger partial charge in [-0.3, -0.25) is 0 Å². The number of hydrogen-bond acceptors (Lipinski definition) is 2. The summed E-state index contributed by atoms with van der Waals surface area (Å²) in [4.78, 5) is 0.680. The molecule has 0 spiro atoms. The van der Waals surface area contributed by atoms with E-state index >= 15 is 0 Å². The molecule has 0 aliphatic rings. The molecule has 0 aliphatic carbocycles. The third-order valence-electron chi connectivity index (χ3n) is 5.10. The first kappa shape index (κ1) is 22.5. The third kappa shape index (κ3) is 5.93. The predicted molar refractivity (Wildman–Crippen MR) is 129 cm³/mol. The van der Waals surface area contributed by atoms with E-state index in [-0.39, 0.29) is 0 Å². The van der Waals surface area contributed by atoms with E-state index in [4.69, 9.17) is 0 Å². The standard InChI is InChI=1S/C14H14O2S.C14H14/c1-11-3-7-13(8-4-11)17(15,16)14-9-5-12(2)6-10-14;1-11-3-7-13(8-4-11)14-9-5-12(2)6-10-14/h3-10H,1-2H3;3-10H,1-2H3. The smallest absolute Gasteiger partial charge is 0.206 e. The minimum atomic E-state index is -3.37. The van der Waals surface area contributed by atoms with Crippen LogP contribution in [-0.2, 0) is 9.84 Å². The fraction of sp³-hybridized carbons (Fsp3) is 0.143. The first-order valence-corrected chi connectivity index (χ1v) is 11.8. The SMILES string of the molecule is Cc1ccc(-c2ccc(C)cc2)cc1.Cc1ccc(S(=O)(=O)c2ccc(C)cc2)cc1. The Morgan fingerprint density at radius 2 is 0.613 bits per heavy atom. The van der Waals surface area contributed by atoms with Crippen molar-refractivity contribution >= 4 is 9.84 Å². The van der Waals surface area contributed by atoms with Gasteiger partial charge in [0.25, 0.3) is 0 Å². The molecular formula is C28H28O2S. The van der Waals surface area contributed by atoms with Gasteiger partial charge in [0, 0.05) is 0 Å². The molecule has 0 radical (unpaired) electrons. The lowest BCUT2D eigenvalue weighted by Gasteiger charge is -2.05. The summed E-state index contributed by atoms with van der Waals surface area (Å²) in [5.74, 6) is 0. The van der Waals surface area contributed by atoms with Gasteiger partial charge in [0.15, 0.2) is 0 Å². The molecule has 2 nitrogen and oxygen atoms in total. The highest BCUT2D eigenvalue weighted by Gasteiger charge is 2.16. The average Bonchev–Trinajstić information content (AvgIpc) is 2.76. The number of aryl methyl sites for hydroxylation is 4. The van der Waals surface area contributed by atoms with Gasteiger partial charge in [0.2, 0.25) is 9.84 Å². The molecule has 31 heavy (non-hydrogen) atoms. The minimum Gasteiger partial charge on any atom is -0.219 e. The van der Waals surface area contributed by atoms with Crippen molar-refractivity contribution in [1.82, 2.24) is 0 Å². The van der Waals surface area contributed by atoms with Gasteiger partial charge in [-0.25, -0.2) is 8.42 Å². The molecule has 0 saturated carbocycles. The Morgan fingerprint density at radius 3 is 0.871 bits per heavy atom. The van der Waals surface area contributed by atoms with E-state index in [1.54, 1.807) is 48.5 Å². The highest BCUT2D eigenvalue weighted by atomic mass is 32.2.